The Hall–Kier alpha value is -1.29. The monoisotopic (exact) mass is 224 g/mol. The van der Waals surface area contributed by atoms with Gasteiger partial charge in [0.05, 0.1) is 6.42 Å². The first kappa shape index (κ1) is 11.8. The minimum atomic E-state index is -0.952. The van der Waals surface area contributed by atoms with Crippen LogP contribution in [0.3, 0.4) is 0 Å². The van der Waals surface area contributed by atoms with Gasteiger partial charge in [0, 0.05) is 17.7 Å². The van der Waals surface area contributed by atoms with Crippen LogP contribution < -0.4 is 0 Å². The number of ketones is 1. The van der Waals surface area contributed by atoms with E-state index in [1.54, 1.807) is 12.1 Å². The predicted octanol–water partition coefficient (Wildman–Crippen LogP) is 2.16. The molecule has 0 saturated heterocycles. The lowest BCUT2D eigenvalue weighted by molar-refractivity contribution is -0.136. The minimum absolute atomic E-state index is 0.0418. The molecule has 0 unspecified atom stereocenters. The van der Waals surface area contributed by atoms with Crippen molar-refractivity contribution in [3.63, 3.8) is 0 Å². The van der Waals surface area contributed by atoms with E-state index in [4.69, 9.17) is 5.11 Å². The fourth-order valence-electron chi connectivity index (χ4n) is 1.29. The van der Waals surface area contributed by atoms with Gasteiger partial charge < -0.3 is 5.11 Å². The third kappa shape index (κ3) is 3.40. The molecular formula is C11H12O3S. The van der Waals surface area contributed by atoms with Crippen molar-refractivity contribution >= 4 is 24.4 Å². The zero-order valence-electron chi connectivity index (χ0n) is 8.14. The Morgan fingerprint density at radius 2 is 1.87 bits per heavy atom. The second-order valence-electron chi connectivity index (χ2n) is 3.13. The standard InChI is InChI=1S/C11H12O3S/c12-10(5-6-11(13)14)9-4-2-1-3-8(9)7-15/h1-4,15H,5-7H2,(H,13,14). The summed E-state index contributed by atoms with van der Waals surface area (Å²) in [4.78, 5) is 22.0. The van der Waals surface area contributed by atoms with E-state index in [0.717, 1.165) is 5.56 Å². The number of carboxylic acid groups (broad SMARTS) is 1. The molecule has 0 radical (unpaired) electrons. The molecule has 0 spiro atoms. The highest BCUT2D eigenvalue weighted by Gasteiger charge is 2.11. The van der Waals surface area contributed by atoms with Crippen LogP contribution in [-0.4, -0.2) is 16.9 Å². The number of carbonyl (C=O) groups excluding carboxylic acids is 1. The van der Waals surface area contributed by atoms with E-state index in [0.29, 0.717) is 11.3 Å². The zero-order chi connectivity index (χ0) is 11.3. The van der Waals surface area contributed by atoms with Crippen molar-refractivity contribution < 1.29 is 14.7 Å². The molecule has 0 heterocycles. The molecule has 1 N–H and O–H groups in total. The maximum atomic E-state index is 11.6. The van der Waals surface area contributed by atoms with E-state index in [-0.39, 0.29) is 18.6 Å². The number of carbonyl (C=O) groups is 2. The number of rotatable bonds is 5. The van der Waals surface area contributed by atoms with E-state index in [1.165, 1.54) is 0 Å². The van der Waals surface area contributed by atoms with Crippen LogP contribution in [0.15, 0.2) is 24.3 Å². The second kappa shape index (κ2) is 5.56. The van der Waals surface area contributed by atoms with E-state index < -0.39 is 5.97 Å². The number of benzene rings is 1. The molecule has 0 aromatic heterocycles. The highest BCUT2D eigenvalue weighted by molar-refractivity contribution is 7.79. The van der Waals surface area contributed by atoms with Crippen molar-refractivity contribution in [1.82, 2.24) is 0 Å². The molecule has 4 heteroatoms. The van der Waals surface area contributed by atoms with Crippen LogP contribution in [0.25, 0.3) is 0 Å². The molecular weight excluding hydrogens is 212 g/mol. The van der Waals surface area contributed by atoms with Gasteiger partial charge in [-0.15, -0.1) is 0 Å². The maximum Gasteiger partial charge on any atom is 0.303 e. The first-order valence-corrected chi connectivity index (χ1v) is 5.22. The zero-order valence-corrected chi connectivity index (χ0v) is 9.04. The maximum absolute atomic E-state index is 11.6. The molecule has 0 fully saturated rings. The molecule has 0 aliphatic rings. The van der Waals surface area contributed by atoms with Gasteiger partial charge in [0.25, 0.3) is 0 Å². The Kier molecular flexibility index (Phi) is 4.37. The van der Waals surface area contributed by atoms with Gasteiger partial charge in [0.1, 0.15) is 0 Å². The van der Waals surface area contributed by atoms with E-state index in [9.17, 15) is 9.59 Å². The van der Waals surface area contributed by atoms with E-state index >= 15 is 0 Å². The summed E-state index contributed by atoms with van der Waals surface area (Å²) in [5, 5.41) is 8.47. The lowest BCUT2D eigenvalue weighted by Gasteiger charge is -2.04. The molecule has 0 bridgehead atoms. The van der Waals surface area contributed by atoms with Crippen LogP contribution in [-0.2, 0) is 10.5 Å². The lowest BCUT2D eigenvalue weighted by Crippen LogP contribution is -2.06. The Morgan fingerprint density at radius 3 is 2.47 bits per heavy atom. The fourth-order valence-corrected chi connectivity index (χ4v) is 1.56. The van der Waals surface area contributed by atoms with Crippen molar-refractivity contribution in [3.8, 4) is 0 Å². The summed E-state index contributed by atoms with van der Waals surface area (Å²) in [6.07, 6.45) is -0.0835. The van der Waals surface area contributed by atoms with Crippen molar-refractivity contribution in [1.29, 1.82) is 0 Å². The molecule has 1 aromatic carbocycles. The van der Waals surface area contributed by atoms with Crippen LogP contribution in [0, 0.1) is 0 Å². The summed E-state index contributed by atoms with van der Waals surface area (Å²) < 4.78 is 0. The van der Waals surface area contributed by atoms with Crippen molar-refractivity contribution in [2.45, 2.75) is 18.6 Å². The van der Waals surface area contributed by atoms with Gasteiger partial charge in [0.15, 0.2) is 5.78 Å². The number of thiol groups is 1. The number of Topliss-reactive ketones (excluding diaryl/α,β-unsaturated/α-hetero) is 1. The van der Waals surface area contributed by atoms with Gasteiger partial charge in [-0.3, -0.25) is 9.59 Å². The summed E-state index contributed by atoms with van der Waals surface area (Å²) in [5.41, 5.74) is 1.42. The van der Waals surface area contributed by atoms with Gasteiger partial charge in [-0.1, -0.05) is 24.3 Å². The van der Waals surface area contributed by atoms with E-state index in [1.807, 2.05) is 12.1 Å². The third-order valence-corrected chi connectivity index (χ3v) is 2.39. The molecule has 0 aliphatic carbocycles. The van der Waals surface area contributed by atoms with Gasteiger partial charge in [-0.2, -0.15) is 12.6 Å². The van der Waals surface area contributed by atoms with Crippen LogP contribution in [0.2, 0.25) is 0 Å². The molecule has 1 aromatic rings. The summed E-state index contributed by atoms with van der Waals surface area (Å²) in [6.45, 7) is 0. The highest BCUT2D eigenvalue weighted by atomic mass is 32.1. The number of hydrogen-bond donors (Lipinski definition) is 2. The van der Waals surface area contributed by atoms with Crippen molar-refractivity contribution in [2.75, 3.05) is 0 Å². The Balaban J connectivity index is 2.77. The summed E-state index contributed by atoms with van der Waals surface area (Å²) in [7, 11) is 0. The predicted molar refractivity (Wildman–Crippen MR) is 60.3 cm³/mol. The minimum Gasteiger partial charge on any atom is -0.481 e. The largest absolute Gasteiger partial charge is 0.481 e. The van der Waals surface area contributed by atoms with Gasteiger partial charge in [-0.25, -0.2) is 0 Å². The topological polar surface area (TPSA) is 54.4 Å². The lowest BCUT2D eigenvalue weighted by atomic mass is 10.0. The summed E-state index contributed by atoms with van der Waals surface area (Å²) in [6, 6.07) is 7.12. The molecule has 0 amide bonds. The number of aliphatic carboxylic acids is 1. The molecule has 1 rings (SSSR count). The molecule has 0 saturated carbocycles. The Labute approximate surface area is 93.5 Å². The number of hydrogen-bond acceptors (Lipinski definition) is 3. The Bertz CT molecular complexity index is 374. The molecule has 0 atom stereocenters. The fraction of sp³-hybridized carbons (Fsp3) is 0.273. The van der Waals surface area contributed by atoms with Gasteiger partial charge in [0.2, 0.25) is 0 Å². The van der Waals surface area contributed by atoms with Crippen molar-refractivity contribution in [3.05, 3.63) is 35.4 Å². The molecule has 80 valence electrons. The van der Waals surface area contributed by atoms with E-state index in [2.05, 4.69) is 12.6 Å². The average Bonchev–Trinajstić information content (AvgIpc) is 2.25. The van der Waals surface area contributed by atoms with Crippen LogP contribution in [0.5, 0.6) is 0 Å². The second-order valence-corrected chi connectivity index (χ2v) is 3.45. The molecule has 15 heavy (non-hydrogen) atoms. The number of carboxylic acids is 1. The summed E-state index contributed by atoms with van der Waals surface area (Å²) in [5.74, 6) is -0.608. The quantitative estimate of drug-likeness (QED) is 0.595. The van der Waals surface area contributed by atoms with Crippen molar-refractivity contribution in [2.24, 2.45) is 0 Å². The van der Waals surface area contributed by atoms with Crippen LogP contribution in [0.4, 0.5) is 0 Å². The van der Waals surface area contributed by atoms with Crippen LogP contribution in [0.1, 0.15) is 28.8 Å². The van der Waals surface area contributed by atoms with Gasteiger partial charge in [-0.05, 0) is 5.56 Å². The first-order valence-electron chi connectivity index (χ1n) is 4.59. The molecule has 0 aliphatic heterocycles. The first-order chi connectivity index (χ1) is 7.15. The third-order valence-electron chi connectivity index (χ3n) is 2.05. The highest BCUT2D eigenvalue weighted by Crippen LogP contribution is 2.14. The summed E-state index contributed by atoms with van der Waals surface area (Å²) >= 11 is 4.11. The Morgan fingerprint density at radius 1 is 1.20 bits per heavy atom. The SMILES string of the molecule is O=C(O)CCC(=O)c1ccccc1CS. The van der Waals surface area contributed by atoms with Crippen LogP contribution >= 0.6 is 12.6 Å². The average molecular weight is 224 g/mol. The van der Waals surface area contributed by atoms with Gasteiger partial charge >= 0.3 is 5.97 Å². The smallest absolute Gasteiger partial charge is 0.303 e. The molecule has 3 nitrogen and oxygen atoms in total. The normalized spacial score (nSPS) is 9.93.